The van der Waals surface area contributed by atoms with E-state index >= 15 is 0 Å². The first-order valence-corrected chi connectivity index (χ1v) is 4.28. The summed E-state index contributed by atoms with van der Waals surface area (Å²) in [6.07, 6.45) is 1.46. The number of benzene rings is 1. The molecule has 0 aliphatic heterocycles. The van der Waals surface area contributed by atoms with Crippen LogP contribution in [0.1, 0.15) is 18.4 Å². The van der Waals surface area contributed by atoms with Gasteiger partial charge >= 0.3 is 0 Å². The van der Waals surface area contributed by atoms with Crippen molar-refractivity contribution in [1.29, 1.82) is 0 Å². The molecule has 0 saturated heterocycles. The highest BCUT2D eigenvalue weighted by molar-refractivity contribution is 5.46. The maximum atomic E-state index is 8.52. The normalized spacial score (nSPS) is 9.00. The Hall–Kier alpha value is -1.46. The maximum Gasteiger partial charge on any atom is 0.0440 e. The van der Waals surface area contributed by atoms with Crippen LogP contribution < -0.4 is 5.73 Å². The lowest BCUT2D eigenvalue weighted by Gasteiger charge is -1.92. The number of aliphatic hydroxyl groups is 1. The second kappa shape index (κ2) is 5.23. The van der Waals surface area contributed by atoms with Gasteiger partial charge in [-0.05, 0) is 24.6 Å². The van der Waals surface area contributed by atoms with Crippen molar-refractivity contribution in [1.82, 2.24) is 0 Å². The van der Waals surface area contributed by atoms with Gasteiger partial charge in [0.15, 0.2) is 0 Å². The highest BCUT2D eigenvalue weighted by Gasteiger charge is 1.86. The summed E-state index contributed by atoms with van der Waals surface area (Å²) < 4.78 is 0. The first-order chi connectivity index (χ1) is 6.33. The summed E-state index contributed by atoms with van der Waals surface area (Å²) in [4.78, 5) is 0. The summed E-state index contributed by atoms with van der Waals surface area (Å²) in [5.74, 6) is 5.94. The van der Waals surface area contributed by atoms with Gasteiger partial charge in [-0.1, -0.05) is 17.9 Å². The number of hydrogen-bond acceptors (Lipinski definition) is 2. The SMILES string of the molecule is Nc1cccc(C#CCCCO)c1. The Labute approximate surface area is 78.4 Å². The lowest BCUT2D eigenvalue weighted by atomic mass is 10.2. The fourth-order valence-corrected chi connectivity index (χ4v) is 0.948. The van der Waals surface area contributed by atoms with Gasteiger partial charge in [0, 0.05) is 24.3 Å². The van der Waals surface area contributed by atoms with Gasteiger partial charge in [0.1, 0.15) is 0 Å². The predicted molar refractivity (Wildman–Crippen MR) is 54.1 cm³/mol. The van der Waals surface area contributed by atoms with Gasteiger partial charge in [-0.2, -0.15) is 0 Å². The molecule has 2 heteroatoms. The third kappa shape index (κ3) is 3.64. The number of aliphatic hydroxyl groups excluding tert-OH is 1. The van der Waals surface area contributed by atoms with Gasteiger partial charge in [-0.25, -0.2) is 0 Å². The molecule has 0 radical (unpaired) electrons. The number of rotatable bonds is 2. The molecule has 0 amide bonds. The second-order valence-corrected chi connectivity index (χ2v) is 2.75. The quantitative estimate of drug-likeness (QED) is 0.405. The molecule has 0 atom stereocenters. The molecule has 0 unspecified atom stereocenters. The van der Waals surface area contributed by atoms with Crippen molar-refractivity contribution in [2.75, 3.05) is 12.3 Å². The topological polar surface area (TPSA) is 46.2 Å². The fourth-order valence-electron chi connectivity index (χ4n) is 0.948. The molecule has 1 rings (SSSR count). The summed E-state index contributed by atoms with van der Waals surface area (Å²) >= 11 is 0. The minimum absolute atomic E-state index is 0.200. The van der Waals surface area contributed by atoms with Crippen molar-refractivity contribution in [3.63, 3.8) is 0 Å². The first-order valence-electron chi connectivity index (χ1n) is 4.28. The van der Waals surface area contributed by atoms with Crippen LogP contribution >= 0.6 is 0 Å². The molecular formula is C11H13NO. The van der Waals surface area contributed by atoms with Gasteiger partial charge in [0.25, 0.3) is 0 Å². The molecular weight excluding hydrogens is 162 g/mol. The van der Waals surface area contributed by atoms with Crippen LogP contribution in [0.5, 0.6) is 0 Å². The van der Waals surface area contributed by atoms with Crippen molar-refractivity contribution in [2.24, 2.45) is 0 Å². The van der Waals surface area contributed by atoms with Crippen LogP contribution in [0.3, 0.4) is 0 Å². The van der Waals surface area contributed by atoms with Crippen LogP contribution in [0.15, 0.2) is 24.3 Å². The molecule has 0 aliphatic rings. The summed E-state index contributed by atoms with van der Waals surface area (Å²) in [6.45, 7) is 0.200. The van der Waals surface area contributed by atoms with E-state index in [-0.39, 0.29) is 6.61 Å². The Morgan fingerprint density at radius 1 is 1.38 bits per heavy atom. The number of anilines is 1. The molecule has 0 aromatic heterocycles. The van der Waals surface area contributed by atoms with E-state index < -0.39 is 0 Å². The van der Waals surface area contributed by atoms with E-state index in [1.54, 1.807) is 0 Å². The van der Waals surface area contributed by atoms with Crippen molar-refractivity contribution >= 4 is 5.69 Å². The lowest BCUT2D eigenvalue weighted by molar-refractivity contribution is 0.290. The van der Waals surface area contributed by atoms with Crippen LogP contribution in [0, 0.1) is 11.8 Å². The molecule has 0 saturated carbocycles. The fraction of sp³-hybridized carbons (Fsp3) is 0.273. The van der Waals surface area contributed by atoms with E-state index in [4.69, 9.17) is 10.8 Å². The number of nitrogen functional groups attached to an aromatic ring is 1. The van der Waals surface area contributed by atoms with E-state index in [9.17, 15) is 0 Å². The van der Waals surface area contributed by atoms with Crippen LogP contribution in [-0.2, 0) is 0 Å². The van der Waals surface area contributed by atoms with E-state index in [2.05, 4.69) is 11.8 Å². The molecule has 0 bridgehead atoms. The second-order valence-electron chi connectivity index (χ2n) is 2.75. The third-order valence-corrected chi connectivity index (χ3v) is 1.58. The van der Waals surface area contributed by atoms with E-state index in [1.807, 2.05) is 24.3 Å². The summed E-state index contributed by atoms with van der Waals surface area (Å²) in [7, 11) is 0. The molecule has 68 valence electrons. The average Bonchev–Trinajstić information content (AvgIpc) is 2.13. The highest BCUT2D eigenvalue weighted by atomic mass is 16.2. The number of hydrogen-bond donors (Lipinski definition) is 2. The average molecular weight is 175 g/mol. The van der Waals surface area contributed by atoms with E-state index in [1.165, 1.54) is 0 Å². The summed E-state index contributed by atoms with van der Waals surface area (Å²) in [5.41, 5.74) is 7.24. The molecule has 2 nitrogen and oxygen atoms in total. The van der Waals surface area contributed by atoms with Crippen molar-refractivity contribution in [3.05, 3.63) is 29.8 Å². The van der Waals surface area contributed by atoms with Gasteiger partial charge in [-0.3, -0.25) is 0 Å². The minimum atomic E-state index is 0.200. The maximum absolute atomic E-state index is 8.52. The zero-order valence-corrected chi connectivity index (χ0v) is 7.46. The molecule has 1 aromatic rings. The summed E-state index contributed by atoms with van der Waals surface area (Å²) in [6, 6.07) is 7.47. The van der Waals surface area contributed by atoms with Crippen LogP contribution in [0.25, 0.3) is 0 Å². The predicted octanol–water partition coefficient (Wildman–Crippen LogP) is 1.39. The van der Waals surface area contributed by atoms with Crippen LogP contribution in [-0.4, -0.2) is 11.7 Å². The summed E-state index contributed by atoms with van der Waals surface area (Å²) in [5, 5.41) is 8.52. The first kappa shape index (κ1) is 9.63. The molecule has 1 aromatic carbocycles. The minimum Gasteiger partial charge on any atom is -0.399 e. The lowest BCUT2D eigenvalue weighted by Crippen LogP contribution is -1.84. The Morgan fingerprint density at radius 3 is 2.92 bits per heavy atom. The van der Waals surface area contributed by atoms with Gasteiger partial charge in [0.05, 0.1) is 0 Å². The molecule has 3 N–H and O–H groups in total. The van der Waals surface area contributed by atoms with Gasteiger partial charge in [0.2, 0.25) is 0 Å². The third-order valence-electron chi connectivity index (χ3n) is 1.58. The molecule has 0 spiro atoms. The smallest absolute Gasteiger partial charge is 0.0440 e. The largest absolute Gasteiger partial charge is 0.399 e. The Balaban J connectivity index is 2.56. The van der Waals surface area contributed by atoms with Crippen molar-refractivity contribution in [2.45, 2.75) is 12.8 Å². The highest BCUT2D eigenvalue weighted by Crippen LogP contribution is 2.04. The van der Waals surface area contributed by atoms with Crippen molar-refractivity contribution < 1.29 is 5.11 Å². The zero-order chi connectivity index (χ0) is 9.52. The molecule has 0 heterocycles. The zero-order valence-electron chi connectivity index (χ0n) is 7.46. The van der Waals surface area contributed by atoms with Crippen molar-refractivity contribution in [3.8, 4) is 11.8 Å². The van der Waals surface area contributed by atoms with E-state index in [0.717, 1.165) is 24.1 Å². The Kier molecular flexibility index (Phi) is 3.87. The molecule has 0 aliphatic carbocycles. The Morgan fingerprint density at radius 2 is 2.23 bits per heavy atom. The van der Waals surface area contributed by atoms with Crippen LogP contribution in [0.4, 0.5) is 5.69 Å². The van der Waals surface area contributed by atoms with Gasteiger partial charge in [-0.15, -0.1) is 0 Å². The van der Waals surface area contributed by atoms with Crippen LogP contribution in [0.2, 0.25) is 0 Å². The van der Waals surface area contributed by atoms with E-state index in [0.29, 0.717) is 0 Å². The standard InChI is InChI=1S/C11H13NO/c12-11-7-4-6-10(9-11)5-2-1-3-8-13/h4,6-7,9,13H,1,3,8,12H2. The molecule has 13 heavy (non-hydrogen) atoms. The number of unbranched alkanes of at least 4 members (excludes halogenated alkanes) is 1. The monoisotopic (exact) mass is 175 g/mol. The number of nitrogens with two attached hydrogens (primary N) is 1. The van der Waals surface area contributed by atoms with Gasteiger partial charge < -0.3 is 10.8 Å². The Bertz CT molecular complexity index is 322. The molecule has 0 fully saturated rings.